The first-order valence-electron chi connectivity index (χ1n) is 9.78. The highest BCUT2D eigenvalue weighted by Crippen LogP contribution is 2.38. The molecule has 0 saturated carbocycles. The molecule has 2 heterocycles. The van der Waals surface area contributed by atoms with Gasteiger partial charge in [0.2, 0.25) is 11.8 Å². The summed E-state index contributed by atoms with van der Waals surface area (Å²) in [5.41, 5.74) is 0. The number of rotatable bonds is 12. The number of carbonyl (C=O) groups excluding carboxylic acids is 3. The summed E-state index contributed by atoms with van der Waals surface area (Å²) in [7, 11) is 1.20. The number of nitrogens with one attached hydrogen (secondary N) is 2. The minimum absolute atomic E-state index is 0.0902. The predicted octanol–water partition coefficient (Wildman–Crippen LogP) is -0.589. The highest BCUT2D eigenvalue weighted by atomic mass is 16.8. The molecule has 2 amide bonds. The summed E-state index contributed by atoms with van der Waals surface area (Å²) in [4.78, 5) is 35.9. The molecular formula is C20H30N2O9. The van der Waals surface area contributed by atoms with Crippen LogP contribution >= 0.6 is 0 Å². The molecule has 174 valence electrons. The fourth-order valence-corrected chi connectivity index (χ4v) is 3.11. The van der Waals surface area contributed by atoms with Gasteiger partial charge in [0.05, 0.1) is 26.9 Å². The maximum atomic E-state index is 12.1. The monoisotopic (exact) mass is 442 g/mol. The van der Waals surface area contributed by atoms with Crippen LogP contribution in [0.2, 0.25) is 0 Å². The Morgan fingerprint density at radius 1 is 1.19 bits per heavy atom. The van der Waals surface area contributed by atoms with Crippen molar-refractivity contribution in [1.29, 1.82) is 0 Å². The third-order valence-electron chi connectivity index (χ3n) is 4.45. The lowest BCUT2D eigenvalue weighted by molar-refractivity contribution is -0.212. The molecule has 0 spiro atoms. The van der Waals surface area contributed by atoms with Crippen LogP contribution in [0.4, 0.5) is 0 Å². The van der Waals surface area contributed by atoms with E-state index in [4.69, 9.17) is 23.7 Å². The molecule has 0 unspecified atom stereocenters. The van der Waals surface area contributed by atoms with E-state index in [1.54, 1.807) is 19.9 Å². The fraction of sp³-hybridized carbons (Fsp3) is 0.650. The van der Waals surface area contributed by atoms with Crippen molar-refractivity contribution >= 4 is 17.8 Å². The summed E-state index contributed by atoms with van der Waals surface area (Å²) in [6.07, 6.45) is 0.846. The summed E-state index contributed by atoms with van der Waals surface area (Å²) in [6, 6.07) is -1.01. The number of amides is 2. The normalized spacial score (nSPS) is 27.1. The predicted molar refractivity (Wildman–Crippen MR) is 107 cm³/mol. The second kappa shape index (κ2) is 11.3. The van der Waals surface area contributed by atoms with Crippen LogP contribution in [0.25, 0.3) is 0 Å². The SMILES string of the molecule is C=CCOC[C@H](NC(=O)CNC(=O)CO[C@@H]1[C@H]2OC(C)(C)O[C@H]2O[C@@H]1C=C)C(=O)OC. The van der Waals surface area contributed by atoms with Gasteiger partial charge in [-0.1, -0.05) is 12.2 Å². The molecule has 2 aliphatic heterocycles. The first-order valence-corrected chi connectivity index (χ1v) is 9.78. The number of hydrogen-bond acceptors (Lipinski definition) is 9. The summed E-state index contributed by atoms with van der Waals surface area (Å²) < 4.78 is 32.6. The highest BCUT2D eigenvalue weighted by Gasteiger charge is 2.54. The third kappa shape index (κ3) is 7.11. The molecule has 2 aliphatic rings. The van der Waals surface area contributed by atoms with E-state index in [-0.39, 0.29) is 26.4 Å². The van der Waals surface area contributed by atoms with Crippen LogP contribution in [0.5, 0.6) is 0 Å². The maximum absolute atomic E-state index is 12.1. The molecule has 2 rings (SSSR count). The van der Waals surface area contributed by atoms with Crippen molar-refractivity contribution in [3.05, 3.63) is 25.3 Å². The Morgan fingerprint density at radius 2 is 1.94 bits per heavy atom. The Kier molecular flexibility index (Phi) is 9.14. The van der Waals surface area contributed by atoms with E-state index in [1.165, 1.54) is 13.2 Å². The zero-order valence-corrected chi connectivity index (χ0v) is 18.0. The quantitative estimate of drug-likeness (QED) is 0.231. The maximum Gasteiger partial charge on any atom is 0.330 e. The lowest BCUT2D eigenvalue weighted by Gasteiger charge is -2.24. The van der Waals surface area contributed by atoms with E-state index in [2.05, 4.69) is 28.5 Å². The average molecular weight is 442 g/mol. The lowest BCUT2D eigenvalue weighted by atomic mass is 10.1. The number of hydrogen-bond donors (Lipinski definition) is 2. The second-order valence-corrected chi connectivity index (χ2v) is 7.33. The minimum Gasteiger partial charge on any atom is -0.467 e. The molecule has 31 heavy (non-hydrogen) atoms. The molecule has 0 aromatic carbocycles. The van der Waals surface area contributed by atoms with Gasteiger partial charge in [-0.2, -0.15) is 0 Å². The van der Waals surface area contributed by atoms with Crippen molar-refractivity contribution in [2.75, 3.05) is 33.5 Å². The molecule has 11 nitrogen and oxygen atoms in total. The Labute approximate surface area is 181 Å². The molecule has 0 aliphatic carbocycles. The van der Waals surface area contributed by atoms with Crippen LogP contribution in [0.15, 0.2) is 25.3 Å². The molecule has 2 fully saturated rings. The third-order valence-corrected chi connectivity index (χ3v) is 4.45. The van der Waals surface area contributed by atoms with Crippen LogP contribution < -0.4 is 10.6 Å². The van der Waals surface area contributed by atoms with E-state index in [1.807, 2.05) is 0 Å². The van der Waals surface area contributed by atoms with E-state index in [0.29, 0.717) is 0 Å². The Balaban J connectivity index is 1.77. The van der Waals surface area contributed by atoms with Gasteiger partial charge in [0, 0.05) is 0 Å². The largest absolute Gasteiger partial charge is 0.467 e. The fourth-order valence-electron chi connectivity index (χ4n) is 3.11. The number of esters is 1. The topological polar surface area (TPSA) is 131 Å². The number of ether oxygens (including phenoxy) is 6. The summed E-state index contributed by atoms with van der Waals surface area (Å²) in [5.74, 6) is -2.61. The zero-order valence-electron chi connectivity index (χ0n) is 18.0. The smallest absolute Gasteiger partial charge is 0.330 e. The Hall–Kier alpha value is -2.31. The van der Waals surface area contributed by atoms with Gasteiger partial charge in [-0.05, 0) is 13.8 Å². The van der Waals surface area contributed by atoms with Crippen molar-refractivity contribution in [2.45, 2.75) is 50.3 Å². The van der Waals surface area contributed by atoms with Gasteiger partial charge in [0.15, 0.2) is 18.1 Å². The molecule has 0 radical (unpaired) electrons. The Bertz CT molecular complexity index is 682. The standard InChI is InChI=1S/C20H30N2O9/c1-6-8-27-10-12(18(25)26-5)22-14(23)9-21-15(24)11-28-16-13(7-2)29-19-17(16)30-20(3,4)31-19/h6-7,12-13,16-17,19H,1-2,8-11H2,3-5H3,(H,21,24)(H,22,23)/t12-,13+,16-,17+,19+/m0/s1. The van der Waals surface area contributed by atoms with E-state index >= 15 is 0 Å². The van der Waals surface area contributed by atoms with E-state index in [0.717, 1.165) is 0 Å². The van der Waals surface area contributed by atoms with Gasteiger partial charge in [-0.15, -0.1) is 13.2 Å². The van der Waals surface area contributed by atoms with Crippen LogP contribution in [0.3, 0.4) is 0 Å². The van der Waals surface area contributed by atoms with Crippen LogP contribution in [-0.4, -0.2) is 87.7 Å². The number of carbonyl (C=O) groups is 3. The minimum atomic E-state index is -1.01. The molecule has 0 aromatic rings. The molecule has 0 bridgehead atoms. The van der Waals surface area contributed by atoms with Crippen molar-refractivity contribution < 1.29 is 42.8 Å². The number of fused-ring (bicyclic) bond motifs is 1. The van der Waals surface area contributed by atoms with Gasteiger partial charge in [0.25, 0.3) is 0 Å². The van der Waals surface area contributed by atoms with Crippen LogP contribution in [0, 0.1) is 0 Å². The summed E-state index contributed by atoms with van der Waals surface area (Å²) >= 11 is 0. The molecule has 5 atom stereocenters. The molecule has 2 N–H and O–H groups in total. The van der Waals surface area contributed by atoms with Crippen molar-refractivity contribution in [3.8, 4) is 0 Å². The molecule has 11 heteroatoms. The molecule has 0 aromatic heterocycles. The van der Waals surface area contributed by atoms with E-state index < -0.39 is 54.2 Å². The lowest BCUT2D eigenvalue weighted by Crippen LogP contribution is -2.48. The van der Waals surface area contributed by atoms with Gasteiger partial charge in [-0.25, -0.2) is 4.79 Å². The van der Waals surface area contributed by atoms with Crippen molar-refractivity contribution in [2.24, 2.45) is 0 Å². The summed E-state index contributed by atoms with van der Waals surface area (Å²) in [6.45, 7) is 10.1. The van der Waals surface area contributed by atoms with Crippen molar-refractivity contribution in [3.63, 3.8) is 0 Å². The molecule has 2 saturated heterocycles. The van der Waals surface area contributed by atoms with Gasteiger partial charge >= 0.3 is 5.97 Å². The second-order valence-electron chi connectivity index (χ2n) is 7.33. The van der Waals surface area contributed by atoms with Crippen molar-refractivity contribution in [1.82, 2.24) is 10.6 Å². The highest BCUT2D eigenvalue weighted by molar-refractivity contribution is 5.88. The Morgan fingerprint density at radius 3 is 2.58 bits per heavy atom. The average Bonchev–Trinajstić information content (AvgIpc) is 3.20. The first-order chi connectivity index (χ1) is 14.7. The molecular weight excluding hydrogens is 412 g/mol. The first kappa shape index (κ1) is 25.0. The van der Waals surface area contributed by atoms with Gasteiger partial charge < -0.3 is 39.1 Å². The van der Waals surface area contributed by atoms with Gasteiger partial charge in [-0.3, -0.25) is 9.59 Å². The zero-order chi connectivity index (χ0) is 23.0. The van der Waals surface area contributed by atoms with Gasteiger partial charge in [0.1, 0.15) is 24.9 Å². The summed E-state index contributed by atoms with van der Waals surface area (Å²) in [5, 5.41) is 4.86. The van der Waals surface area contributed by atoms with E-state index in [9.17, 15) is 14.4 Å². The van der Waals surface area contributed by atoms with Crippen LogP contribution in [-0.2, 0) is 42.8 Å². The number of methoxy groups -OCH3 is 1. The van der Waals surface area contributed by atoms with Crippen LogP contribution in [0.1, 0.15) is 13.8 Å².